The lowest BCUT2D eigenvalue weighted by Gasteiger charge is -2.17. The zero-order valence-corrected chi connectivity index (χ0v) is 16.3. The van der Waals surface area contributed by atoms with Crippen LogP contribution in [0.15, 0.2) is 48.5 Å². The van der Waals surface area contributed by atoms with E-state index >= 15 is 0 Å². The average Bonchev–Trinajstić information content (AvgIpc) is 2.91. The van der Waals surface area contributed by atoms with E-state index in [4.69, 9.17) is 11.6 Å². The van der Waals surface area contributed by atoms with E-state index in [1.807, 2.05) is 31.2 Å². The summed E-state index contributed by atoms with van der Waals surface area (Å²) in [5.74, 6) is -0.619. The van der Waals surface area contributed by atoms with Gasteiger partial charge >= 0.3 is 0 Å². The number of aryl methyl sites for hydroxylation is 2. The Balaban J connectivity index is 1.81. The Bertz CT molecular complexity index is 966. The van der Waals surface area contributed by atoms with Crippen LogP contribution in [0.25, 0.3) is 0 Å². The molecule has 0 atom stereocenters. The van der Waals surface area contributed by atoms with Crippen LogP contribution in [-0.2, 0) is 13.1 Å². The van der Waals surface area contributed by atoms with E-state index in [2.05, 4.69) is 5.10 Å². The molecule has 0 aliphatic rings. The highest BCUT2D eigenvalue weighted by atomic mass is 35.5. The van der Waals surface area contributed by atoms with Gasteiger partial charge in [0.15, 0.2) is 0 Å². The van der Waals surface area contributed by atoms with Gasteiger partial charge in [-0.2, -0.15) is 5.10 Å². The molecule has 0 aliphatic carbocycles. The molecule has 3 rings (SSSR count). The maximum Gasteiger partial charge on any atom is 0.258 e. The maximum atomic E-state index is 13.9. The molecular weight excluding hydrogens is 365 g/mol. The highest BCUT2D eigenvalue weighted by molar-refractivity contribution is 6.33. The normalized spacial score (nSPS) is 10.9. The van der Waals surface area contributed by atoms with Crippen LogP contribution >= 0.6 is 11.6 Å². The van der Waals surface area contributed by atoms with Crippen molar-refractivity contribution >= 4 is 17.5 Å². The molecule has 0 fully saturated rings. The summed E-state index contributed by atoms with van der Waals surface area (Å²) in [4.78, 5) is 14.3. The number of nitrogens with zero attached hydrogens (tertiary/aromatic N) is 3. The minimum absolute atomic E-state index is 0.157. The van der Waals surface area contributed by atoms with E-state index in [0.29, 0.717) is 28.5 Å². The first kappa shape index (κ1) is 19.1. The molecule has 0 saturated heterocycles. The topological polar surface area (TPSA) is 38.1 Å². The van der Waals surface area contributed by atoms with Gasteiger partial charge in [0.2, 0.25) is 0 Å². The fraction of sp³-hybridized carbons (Fsp3) is 0.238. The van der Waals surface area contributed by atoms with Crippen molar-refractivity contribution in [3.05, 3.63) is 87.4 Å². The van der Waals surface area contributed by atoms with E-state index in [-0.39, 0.29) is 18.3 Å². The molecule has 140 valence electrons. The summed E-state index contributed by atoms with van der Waals surface area (Å²) in [5.41, 5.74) is 3.57. The van der Waals surface area contributed by atoms with Gasteiger partial charge in [0.1, 0.15) is 11.0 Å². The zero-order valence-electron chi connectivity index (χ0n) is 15.5. The maximum absolute atomic E-state index is 13.9. The second-order valence-electron chi connectivity index (χ2n) is 6.65. The lowest BCUT2D eigenvalue weighted by Crippen LogP contribution is -2.27. The molecule has 0 aliphatic heterocycles. The van der Waals surface area contributed by atoms with Crippen molar-refractivity contribution in [2.45, 2.75) is 26.9 Å². The van der Waals surface area contributed by atoms with Crippen molar-refractivity contribution in [2.75, 3.05) is 7.05 Å². The number of hydrogen-bond donors (Lipinski definition) is 0. The smallest absolute Gasteiger partial charge is 0.258 e. The Morgan fingerprint density at radius 1 is 1.15 bits per heavy atom. The van der Waals surface area contributed by atoms with Crippen LogP contribution in [0, 0.1) is 19.7 Å². The van der Waals surface area contributed by atoms with Crippen LogP contribution in [0.4, 0.5) is 4.39 Å². The third-order valence-corrected chi connectivity index (χ3v) is 4.83. The van der Waals surface area contributed by atoms with Crippen LogP contribution in [0.1, 0.15) is 32.7 Å². The van der Waals surface area contributed by atoms with Gasteiger partial charge < -0.3 is 4.90 Å². The minimum Gasteiger partial charge on any atom is -0.337 e. The minimum atomic E-state index is -0.338. The average molecular weight is 386 g/mol. The van der Waals surface area contributed by atoms with Gasteiger partial charge in [-0.3, -0.25) is 4.79 Å². The molecule has 0 bridgehead atoms. The summed E-state index contributed by atoms with van der Waals surface area (Å²) in [6, 6.07) is 14.5. The van der Waals surface area contributed by atoms with Crippen LogP contribution < -0.4 is 0 Å². The van der Waals surface area contributed by atoms with Crippen LogP contribution in [0.2, 0.25) is 5.15 Å². The molecule has 0 saturated carbocycles. The number of carbonyl (C=O) groups excluding carboxylic acids is 1. The molecule has 27 heavy (non-hydrogen) atoms. The molecule has 3 aromatic rings. The number of carbonyl (C=O) groups is 1. The Hall–Kier alpha value is -2.66. The summed E-state index contributed by atoms with van der Waals surface area (Å²) in [5, 5.41) is 4.71. The molecule has 6 heteroatoms. The molecular formula is C21H21ClFN3O. The fourth-order valence-corrected chi connectivity index (χ4v) is 3.23. The number of benzene rings is 2. The Kier molecular flexibility index (Phi) is 5.61. The van der Waals surface area contributed by atoms with Crippen molar-refractivity contribution in [3.8, 4) is 0 Å². The zero-order chi connectivity index (χ0) is 19.6. The molecule has 4 nitrogen and oxygen atoms in total. The first-order chi connectivity index (χ1) is 12.9. The van der Waals surface area contributed by atoms with Crippen LogP contribution in [-0.4, -0.2) is 27.6 Å². The lowest BCUT2D eigenvalue weighted by molar-refractivity contribution is 0.0783. The van der Waals surface area contributed by atoms with Crippen LogP contribution in [0.3, 0.4) is 0 Å². The molecule has 2 aromatic carbocycles. The van der Waals surface area contributed by atoms with E-state index < -0.39 is 0 Å². The van der Waals surface area contributed by atoms with Gasteiger partial charge in [0, 0.05) is 19.2 Å². The van der Waals surface area contributed by atoms with Gasteiger partial charge in [0.05, 0.1) is 17.8 Å². The van der Waals surface area contributed by atoms with Gasteiger partial charge in [-0.15, -0.1) is 0 Å². The fourth-order valence-electron chi connectivity index (χ4n) is 2.91. The molecule has 0 N–H and O–H groups in total. The van der Waals surface area contributed by atoms with Gasteiger partial charge in [0.25, 0.3) is 5.91 Å². The Labute approximate surface area is 163 Å². The van der Waals surface area contributed by atoms with Crippen molar-refractivity contribution in [2.24, 2.45) is 0 Å². The molecule has 1 aromatic heterocycles. The first-order valence-corrected chi connectivity index (χ1v) is 9.02. The molecule has 0 radical (unpaired) electrons. The monoisotopic (exact) mass is 385 g/mol. The standard InChI is InChI=1S/C21H21ClFN3O/c1-14-8-10-16(11-9-14)12-26-20(22)19(15(2)24-26)21(27)25(3)13-17-6-4-5-7-18(17)23/h4-11H,12-13H2,1-3H3. The van der Waals surface area contributed by atoms with Gasteiger partial charge in [-0.05, 0) is 25.5 Å². The lowest BCUT2D eigenvalue weighted by atomic mass is 10.1. The third kappa shape index (κ3) is 4.19. The van der Waals surface area contributed by atoms with Gasteiger partial charge in [-0.1, -0.05) is 59.6 Å². The highest BCUT2D eigenvalue weighted by Gasteiger charge is 2.23. The number of aromatic nitrogens is 2. The molecule has 1 amide bonds. The Morgan fingerprint density at radius 3 is 2.48 bits per heavy atom. The summed E-state index contributed by atoms with van der Waals surface area (Å²) in [6.45, 7) is 4.41. The summed E-state index contributed by atoms with van der Waals surface area (Å²) in [7, 11) is 1.63. The van der Waals surface area contributed by atoms with Crippen molar-refractivity contribution in [1.82, 2.24) is 14.7 Å². The molecule has 1 heterocycles. The van der Waals surface area contributed by atoms with Crippen LogP contribution in [0.5, 0.6) is 0 Å². The van der Waals surface area contributed by atoms with Crippen molar-refractivity contribution < 1.29 is 9.18 Å². The van der Waals surface area contributed by atoms with Gasteiger partial charge in [-0.25, -0.2) is 9.07 Å². The van der Waals surface area contributed by atoms with E-state index in [1.165, 1.54) is 16.5 Å². The predicted molar refractivity (Wildman–Crippen MR) is 104 cm³/mol. The van der Waals surface area contributed by atoms with E-state index in [1.54, 1.807) is 36.9 Å². The quantitative estimate of drug-likeness (QED) is 0.643. The largest absolute Gasteiger partial charge is 0.337 e. The number of rotatable bonds is 5. The second-order valence-corrected chi connectivity index (χ2v) is 7.01. The summed E-state index contributed by atoms with van der Waals surface area (Å²) in [6.07, 6.45) is 0. The molecule has 0 unspecified atom stereocenters. The number of amides is 1. The SMILES string of the molecule is Cc1ccc(Cn2nc(C)c(C(=O)N(C)Cc3ccccc3F)c2Cl)cc1. The highest BCUT2D eigenvalue weighted by Crippen LogP contribution is 2.23. The van der Waals surface area contributed by atoms with E-state index in [0.717, 1.165) is 5.56 Å². The third-order valence-electron chi connectivity index (χ3n) is 4.44. The summed E-state index contributed by atoms with van der Waals surface area (Å²) < 4.78 is 15.5. The first-order valence-electron chi connectivity index (χ1n) is 8.64. The predicted octanol–water partition coefficient (Wildman–Crippen LogP) is 4.61. The van der Waals surface area contributed by atoms with Crippen molar-refractivity contribution in [1.29, 1.82) is 0 Å². The number of halogens is 2. The Morgan fingerprint density at radius 2 is 1.81 bits per heavy atom. The van der Waals surface area contributed by atoms with E-state index in [9.17, 15) is 9.18 Å². The molecule has 0 spiro atoms. The van der Waals surface area contributed by atoms with Crippen molar-refractivity contribution in [3.63, 3.8) is 0 Å². The summed E-state index contributed by atoms with van der Waals surface area (Å²) >= 11 is 6.46. The number of hydrogen-bond acceptors (Lipinski definition) is 2. The second kappa shape index (κ2) is 7.92.